The van der Waals surface area contributed by atoms with E-state index in [2.05, 4.69) is 27.0 Å². The van der Waals surface area contributed by atoms with Crippen LogP contribution in [0.15, 0.2) is 17.5 Å². The molecule has 98 valence electrons. The number of hydrogen-bond donors (Lipinski definition) is 2. The first kappa shape index (κ1) is 16.4. The zero-order chi connectivity index (χ0) is 12.0. The highest BCUT2D eigenvalue weighted by Crippen LogP contribution is 2.22. The Labute approximate surface area is 113 Å². The number of carbonyl (C=O) groups is 1. The molecule has 1 heterocycles. The van der Waals surface area contributed by atoms with Gasteiger partial charge in [-0.3, -0.25) is 4.79 Å². The summed E-state index contributed by atoms with van der Waals surface area (Å²) in [7, 11) is 5.81. The molecule has 0 radical (unpaired) electrons. The van der Waals surface area contributed by atoms with Gasteiger partial charge >= 0.3 is 0 Å². The molecule has 1 atom stereocenters. The van der Waals surface area contributed by atoms with Crippen LogP contribution < -0.4 is 10.6 Å². The van der Waals surface area contributed by atoms with Crippen molar-refractivity contribution in [3.63, 3.8) is 0 Å². The third-order valence-corrected chi connectivity index (χ3v) is 3.30. The van der Waals surface area contributed by atoms with Gasteiger partial charge in [-0.2, -0.15) is 0 Å². The molecule has 0 spiro atoms. The molecule has 1 aromatic heterocycles. The average molecular weight is 278 g/mol. The maximum absolute atomic E-state index is 11.4. The zero-order valence-corrected chi connectivity index (χ0v) is 12.0. The number of carbonyl (C=O) groups excluding carboxylic acids is 1. The molecule has 0 aliphatic carbocycles. The van der Waals surface area contributed by atoms with Crippen molar-refractivity contribution in [1.29, 1.82) is 0 Å². The molecule has 0 aliphatic rings. The van der Waals surface area contributed by atoms with Crippen LogP contribution in [0.1, 0.15) is 10.9 Å². The lowest BCUT2D eigenvalue weighted by atomic mass is 10.2. The Hall–Kier alpha value is -0.620. The molecule has 1 aromatic rings. The quantitative estimate of drug-likeness (QED) is 0.819. The fourth-order valence-corrected chi connectivity index (χ4v) is 2.37. The van der Waals surface area contributed by atoms with Crippen LogP contribution >= 0.6 is 23.7 Å². The topological polar surface area (TPSA) is 44.4 Å². The Kier molecular flexibility index (Phi) is 8.16. The summed E-state index contributed by atoms with van der Waals surface area (Å²) in [4.78, 5) is 14.7. The summed E-state index contributed by atoms with van der Waals surface area (Å²) < 4.78 is 0. The highest BCUT2D eigenvalue weighted by molar-refractivity contribution is 7.10. The summed E-state index contributed by atoms with van der Waals surface area (Å²) in [6, 6.07) is 4.38. The average Bonchev–Trinajstić information content (AvgIpc) is 2.71. The van der Waals surface area contributed by atoms with Crippen molar-refractivity contribution in [3.8, 4) is 0 Å². The highest BCUT2D eigenvalue weighted by Gasteiger charge is 2.15. The van der Waals surface area contributed by atoms with Gasteiger partial charge in [-0.15, -0.1) is 23.7 Å². The lowest BCUT2D eigenvalue weighted by Crippen LogP contribution is -2.38. The smallest absolute Gasteiger partial charge is 0.234 e. The normalized spacial score (nSPS) is 12.0. The molecule has 0 aromatic carbocycles. The largest absolute Gasteiger partial charge is 0.353 e. The number of halogens is 1. The van der Waals surface area contributed by atoms with Crippen LogP contribution in [0.3, 0.4) is 0 Å². The Balaban J connectivity index is 0.00000256. The lowest BCUT2D eigenvalue weighted by Gasteiger charge is -2.23. The van der Waals surface area contributed by atoms with Crippen molar-refractivity contribution in [2.45, 2.75) is 6.04 Å². The van der Waals surface area contributed by atoms with E-state index in [1.807, 2.05) is 20.2 Å². The predicted molar refractivity (Wildman–Crippen MR) is 74.9 cm³/mol. The van der Waals surface area contributed by atoms with E-state index < -0.39 is 0 Å². The Bertz CT molecular complexity index is 317. The molecule has 0 aliphatic heterocycles. The van der Waals surface area contributed by atoms with E-state index in [4.69, 9.17) is 0 Å². The predicted octanol–water partition coefficient (Wildman–Crippen LogP) is 1.11. The van der Waals surface area contributed by atoms with E-state index in [0.717, 1.165) is 0 Å². The van der Waals surface area contributed by atoms with E-state index in [1.165, 1.54) is 4.88 Å². The summed E-state index contributed by atoms with van der Waals surface area (Å²) >= 11 is 1.72. The SMILES string of the molecule is CNCC(=O)NCC(c1cccs1)N(C)C.Cl. The van der Waals surface area contributed by atoms with E-state index in [0.29, 0.717) is 13.1 Å². The van der Waals surface area contributed by atoms with E-state index in [-0.39, 0.29) is 24.4 Å². The first-order valence-electron chi connectivity index (χ1n) is 5.26. The Morgan fingerprint density at radius 3 is 2.71 bits per heavy atom. The summed E-state index contributed by atoms with van der Waals surface area (Å²) in [6.45, 7) is 1.01. The summed E-state index contributed by atoms with van der Waals surface area (Å²) in [6.07, 6.45) is 0. The van der Waals surface area contributed by atoms with Crippen LogP contribution in [0.2, 0.25) is 0 Å². The first-order chi connectivity index (χ1) is 7.65. The lowest BCUT2D eigenvalue weighted by molar-refractivity contribution is -0.120. The maximum Gasteiger partial charge on any atom is 0.234 e. The molecule has 6 heteroatoms. The second-order valence-electron chi connectivity index (χ2n) is 3.83. The van der Waals surface area contributed by atoms with Crippen molar-refractivity contribution in [1.82, 2.24) is 15.5 Å². The molecule has 0 saturated carbocycles. The van der Waals surface area contributed by atoms with Gasteiger partial charge in [-0.25, -0.2) is 0 Å². The molecule has 1 unspecified atom stereocenters. The van der Waals surface area contributed by atoms with Crippen LogP contribution in [-0.2, 0) is 4.79 Å². The van der Waals surface area contributed by atoms with Crippen LogP contribution in [0.4, 0.5) is 0 Å². The molecule has 2 N–H and O–H groups in total. The van der Waals surface area contributed by atoms with Gasteiger partial charge in [0.25, 0.3) is 0 Å². The number of likely N-dealkylation sites (N-methyl/N-ethyl adjacent to an activating group) is 2. The number of nitrogens with zero attached hydrogens (tertiary/aromatic N) is 1. The van der Waals surface area contributed by atoms with Gasteiger partial charge in [0.05, 0.1) is 12.6 Å². The fourth-order valence-electron chi connectivity index (χ4n) is 1.45. The summed E-state index contributed by atoms with van der Waals surface area (Å²) in [5.41, 5.74) is 0. The minimum atomic E-state index is 0. The highest BCUT2D eigenvalue weighted by atomic mass is 35.5. The van der Waals surface area contributed by atoms with Gasteiger partial charge in [-0.05, 0) is 32.6 Å². The van der Waals surface area contributed by atoms with Gasteiger partial charge in [0, 0.05) is 11.4 Å². The number of thiophene rings is 1. The van der Waals surface area contributed by atoms with Crippen molar-refractivity contribution in [2.75, 3.05) is 34.2 Å². The maximum atomic E-state index is 11.4. The van der Waals surface area contributed by atoms with Crippen molar-refractivity contribution >= 4 is 29.7 Å². The van der Waals surface area contributed by atoms with E-state index in [9.17, 15) is 4.79 Å². The van der Waals surface area contributed by atoms with Crippen molar-refractivity contribution in [3.05, 3.63) is 22.4 Å². The first-order valence-corrected chi connectivity index (χ1v) is 6.14. The third kappa shape index (κ3) is 5.50. The zero-order valence-electron chi connectivity index (χ0n) is 10.4. The number of nitrogens with one attached hydrogen (secondary N) is 2. The fraction of sp³-hybridized carbons (Fsp3) is 0.545. The van der Waals surface area contributed by atoms with E-state index >= 15 is 0 Å². The van der Waals surface area contributed by atoms with Gasteiger partial charge in [0.2, 0.25) is 5.91 Å². The van der Waals surface area contributed by atoms with E-state index in [1.54, 1.807) is 18.4 Å². The van der Waals surface area contributed by atoms with Crippen LogP contribution in [0, 0.1) is 0 Å². The van der Waals surface area contributed by atoms with Gasteiger partial charge in [0.15, 0.2) is 0 Å². The van der Waals surface area contributed by atoms with Crippen LogP contribution in [0.5, 0.6) is 0 Å². The Morgan fingerprint density at radius 2 is 2.24 bits per heavy atom. The number of rotatable bonds is 6. The van der Waals surface area contributed by atoms with Gasteiger partial charge in [-0.1, -0.05) is 6.07 Å². The van der Waals surface area contributed by atoms with Crippen molar-refractivity contribution in [2.24, 2.45) is 0 Å². The number of hydrogen-bond acceptors (Lipinski definition) is 4. The molecule has 17 heavy (non-hydrogen) atoms. The third-order valence-electron chi connectivity index (χ3n) is 2.32. The van der Waals surface area contributed by atoms with Crippen LogP contribution in [0.25, 0.3) is 0 Å². The molecule has 0 bridgehead atoms. The molecular weight excluding hydrogens is 258 g/mol. The minimum absolute atomic E-state index is 0. The Morgan fingerprint density at radius 1 is 1.53 bits per heavy atom. The van der Waals surface area contributed by atoms with Crippen molar-refractivity contribution < 1.29 is 4.79 Å². The summed E-state index contributed by atoms with van der Waals surface area (Å²) in [5.74, 6) is 0.0332. The molecule has 4 nitrogen and oxygen atoms in total. The monoisotopic (exact) mass is 277 g/mol. The molecule has 1 amide bonds. The molecular formula is C11H20ClN3OS. The standard InChI is InChI=1S/C11H19N3OS.ClH/c1-12-8-11(15)13-7-9(14(2)3)10-5-4-6-16-10;/h4-6,9,12H,7-8H2,1-3H3,(H,13,15);1H. The van der Waals surface area contributed by atoms with Gasteiger partial charge in [0.1, 0.15) is 0 Å². The second-order valence-corrected chi connectivity index (χ2v) is 4.81. The molecule has 0 saturated heterocycles. The summed E-state index contributed by atoms with van der Waals surface area (Å²) in [5, 5.41) is 7.81. The number of amides is 1. The van der Waals surface area contributed by atoms with Gasteiger partial charge < -0.3 is 15.5 Å². The van der Waals surface area contributed by atoms with Crippen LogP contribution in [-0.4, -0.2) is 45.0 Å². The molecule has 1 rings (SSSR count). The second kappa shape index (κ2) is 8.47. The molecule has 0 fully saturated rings. The minimum Gasteiger partial charge on any atom is -0.353 e.